The van der Waals surface area contributed by atoms with Crippen molar-refractivity contribution in [1.82, 2.24) is 14.9 Å². The summed E-state index contributed by atoms with van der Waals surface area (Å²) in [7, 11) is 1.60. The molecule has 0 bridgehead atoms. The highest BCUT2D eigenvalue weighted by Gasteiger charge is 2.29. The van der Waals surface area contributed by atoms with Gasteiger partial charge in [-0.3, -0.25) is 14.9 Å². The van der Waals surface area contributed by atoms with Gasteiger partial charge >= 0.3 is 0 Å². The Kier molecular flexibility index (Phi) is 6.68. The summed E-state index contributed by atoms with van der Waals surface area (Å²) in [5, 5.41) is 6.01. The van der Waals surface area contributed by atoms with Crippen molar-refractivity contribution in [2.24, 2.45) is 0 Å². The smallest absolute Gasteiger partial charge is 0.276 e. The molecule has 11 heteroatoms. The van der Waals surface area contributed by atoms with E-state index < -0.39 is 11.7 Å². The first kappa shape index (κ1) is 23.7. The van der Waals surface area contributed by atoms with Gasteiger partial charge in [0, 0.05) is 24.4 Å². The number of hydrogen-bond acceptors (Lipinski definition) is 7. The minimum atomic E-state index is -0.618. The van der Waals surface area contributed by atoms with Gasteiger partial charge in [-0.15, -0.1) is 11.3 Å². The summed E-state index contributed by atoms with van der Waals surface area (Å²) in [6.07, 6.45) is 1.35. The van der Waals surface area contributed by atoms with Crippen LogP contribution in [0, 0.1) is 5.82 Å². The van der Waals surface area contributed by atoms with Gasteiger partial charge in [0.25, 0.3) is 11.8 Å². The number of anilines is 1. The summed E-state index contributed by atoms with van der Waals surface area (Å²) in [4.78, 5) is 36.1. The third-order valence-corrected chi connectivity index (χ3v) is 8.13. The van der Waals surface area contributed by atoms with Crippen LogP contribution in [0.1, 0.15) is 44.6 Å². The van der Waals surface area contributed by atoms with Crippen LogP contribution in [0.3, 0.4) is 0 Å². The van der Waals surface area contributed by atoms with Crippen molar-refractivity contribution >= 4 is 61.4 Å². The first-order valence-corrected chi connectivity index (χ1v) is 12.9. The number of nitrogens with one attached hydrogen (secondary N) is 1. The number of piperidine rings is 1. The Morgan fingerprint density at radius 1 is 1.20 bits per heavy atom. The molecule has 2 amide bonds. The summed E-state index contributed by atoms with van der Waals surface area (Å²) in [5.74, 6) is -0.489. The van der Waals surface area contributed by atoms with Gasteiger partial charge in [-0.2, -0.15) is 0 Å². The summed E-state index contributed by atoms with van der Waals surface area (Å²) >= 11 is 8.84. The molecule has 0 radical (unpaired) electrons. The lowest BCUT2D eigenvalue weighted by atomic mass is 9.97. The van der Waals surface area contributed by atoms with Gasteiger partial charge in [-0.1, -0.05) is 29.0 Å². The molecule has 0 unspecified atom stereocenters. The van der Waals surface area contributed by atoms with E-state index in [-0.39, 0.29) is 22.4 Å². The van der Waals surface area contributed by atoms with E-state index in [0.29, 0.717) is 36.8 Å². The maximum atomic E-state index is 14.1. The van der Waals surface area contributed by atoms with Crippen LogP contribution in [0.4, 0.5) is 9.52 Å². The molecular weight excluding hydrogens is 511 g/mol. The molecule has 5 rings (SSSR count). The number of methoxy groups -OCH3 is 1. The molecule has 1 saturated heterocycles. The van der Waals surface area contributed by atoms with Gasteiger partial charge in [-0.05, 0) is 43.2 Å². The number of thiazole rings is 2. The van der Waals surface area contributed by atoms with Crippen LogP contribution >= 0.6 is 34.3 Å². The van der Waals surface area contributed by atoms with Gasteiger partial charge in [0.2, 0.25) is 0 Å². The van der Waals surface area contributed by atoms with Crippen molar-refractivity contribution in [2.45, 2.75) is 18.8 Å². The van der Waals surface area contributed by atoms with Gasteiger partial charge in [0.05, 0.1) is 32.9 Å². The molecule has 7 nitrogen and oxygen atoms in total. The Labute approximate surface area is 213 Å². The second-order valence-corrected chi connectivity index (χ2v) is 10.4. The predicted molar refractivity (Wildman–Crippen MR) is 136 cm³/mol. The number of rotatable bonds is 5. The number of likely N-dealkylation sites (tertiary alicyclic amines) is 1. The zero-order valence-electron chi connectivity index (χ0n) is 18.6. The number of fused-ring (bicyclic) bond motifs is 1. The van der Waals surface area contributed by atoms with Gasteiger partial charge in [0.1, 0.15) is 17.3 Å². The number of halogens is 2. The lowest BCUT2D eigenvalue weighted by Gasteiger charge is -2.31. The van der Waals surface area contributed by atoms with E-state index in [4.69, 9.17) is 16.3 Å². The second kappa shape index (κ2) is 9.88. The van der Waals surface area contributed by atoms with E-state index in [0.717, 1.165) is 21.0 Å². The molecule has 1 aliphatic heterocycles. The number of amides is 2. The third kappa shape index (κ3) is 4.86. The number of carbonyl (C=O) groups is 2. The highest BCUT2D eigenvalue weighted by Crippen LogP contribution is 2.33. The molecule has 0 spiro atoms. The fourth-order valence-corrected chi connectivity index (χ4v) is 6.12. The number of nitrogens with zero attached hydrogens (tertiary/aromatic N) is 3. The van der Waals surface area contributed by atoms with Crippen LogP contribution in [0.5, 0.6) is 5.75 Å². The van der Waals surface area contributed by atoms with Gasteiger partial charge in [-0.25, -0.2) is 14.4 Å². The second-order valence-electron chi connectivity index (χ2n) is 8.04. The predicted octanol–water partition coefficient (Wildman–Crippen LogP) is 5.83. The molecule has 1 fully saturated rings. The summed E-state index contributed by atoms with van der Waals surface area (Å²) in [5.41, 5.74) is 1.02. The number of aromatic nitrogens is 2. The molecule has 2 aromatic carbocycles. The van der Waals surface area contributed by atoms with Crippen molar-refractivity contribution in [3.05, 3.63) is 68.9 Å². The topological polar surface area (TPSA) is 84.4 Å². The number of hydrogen-bond donors (Lipinski definition) is 1. The molecule has 1 aliphatic rings. The molecule has 4 aromatic rings. The lowest BCUT2D eigenvalue weighted by Crippen LogP contribution is -2.38. The SMILES string of the molecule is COc1ccc2nc(NC(=O)c3csc(C4CCN(C(=O)c5c(F)cccc5Cl)CC4)n3)sc2c1. The lowest BCUT2D eigenvalue weighted by molar-refractivity contribution is 0.0708. The standard InChI is InChI=1S/C24H20ClFN4O3S2/c1-33-14-5-6-17-19(11-14)35-24(28-17)29-21(31)18-12-34-22(27-18)13-7-9-30(10-8-13)23(32)20-15(25)3-2-4-16(20)26/h2-6,11-13H,7-10H2,1H3,(H,28,29,31). The maximum absolute atomic E-state index is 14.1. The molecule has 0 aliphatic carbocycles. The van der Waals surface area contributed by atoms with E-state index in [2.05, 4.69) is 15.3 Å². The Morgan fingerprint density at radius 3 is 2.74 bits per heavy atom. The molecular formula is C24H20ClFN4O3S2. The Bertz CT molecular complexity index is 1390. The molecule has 180 valence electrons. The van der Waals surface area contributed by atoms with Crippen molar-refractivity contribution < 1.29 is 18.7 Å². The summed E-state index contributed by atoms with van der Waals surface area (Å²) in [6, 6.07) is 9.77. The average molecular weight is 531 g/mol. The molecule has 0 atom stereocenters. The quantitative estimate of drug-likeness (QED) is 0.351. The normalized spacial score (nSPS) is 14.3. The minimum absolute atomic E-state index is 0.0888. The third-order valence-electron chi connectivity index (χ3n) is 5.88. The van der Waals surface area contributed by atoms with Gasteiger partial charge in [0.15, 0.2) is 5.13 Å². The molecule has 2 aromatic heterocycles. The van der Waals surface area contributed by atoms with Crippen LogP contribution in [-0.4, -0.2) is 46.9 Å². The van der Waals surface area contributed by atoms with Crippen molar-refractivity contribution in [1.29, 1.82) is 0 Å². The fraction of sp³-hybridized carbons (Fsp3) is 0.250. The maximum Gasteiger partial charge on any atom is 0.276 e. The van der Waals surface area contributed by atoms with Crippen LogP contribution in [0.25, 0.3) is 10.2 Å². The highest BCUT2D eigenvalue weighted by atomic mass is 35.5. The van der Waals surface area contributed by atoms with E-state index in [9.17, 15) is 14.0 Å². The van der Waals surface area contributed by atoms with Crippen molar-refractivity contribution in [3.8, 4) is 5.75 Å². The van der Waals surface area contributed by atoms with Crippen LogP contribution in [0.15, 0.2) is 41.8 Å². The highest BCUT2D eigenvalue weighted by molar-refractivity contribution is 7.22. The number of benzene rings is 2. The van der Waals surface area contributed by atoms with E-state index in [1.807, 2.05) is 18.2 Å². The Balaban J connectivity index is 1.21. The molecule has 35 heavy (non-hydrogen) atoms. The van der Waals surface area contributed by atoms with E-state index in [1.165, 1.54) is 40.9 Å². The Hall–Kier alpha value is -3.08. The zero-order chi connectivity index (χ0) is 24.5. The van der Waals surface area contributed by atoms with Crippen LogP contribution < -0.4 is 10.1 Å². The van der Waals surface area contributed by atoms with E-state index in [1.54, 1.807) is 17.4 Å². The monoisotopic (exact) mass is 530 g/mol. The molecule has 3 heterocycles. The zero-order valence-corrected chi connectivity index (χ0v) is 21.0. The number of carbonyl (C=O) groups excluding carboxylic acids is 2. The van der Waals surface area contributed by atoms with Crippen LogP contribution in [-0.2, 0) is 0 Å². The van der Waals surface area contributed by atoms with Gasteiger partial charge < -0.3 is 9.64 Å². The average Bonchev–Trinajstić information content (AvgIpc) is 3.50. The fourth-order valence-electron chi connectivity index (χ4n) is 4.02. The van der Waals surface area contributed by atoms with Crippen molar-refractivity contribution in [3.63, 3.8) is 0 Å². The molecule has 1 N–H and O–H groups in total. The first-order chi connectivity index (χ1) is 16.9. The minimum Gasteiger partial charge on any atom is -0.497 e. The molecule has 0 saturated carbocycles. The van der Waals surface area contributed by atoms with Crippen LogP contribution in [0.2, 0.25) is 5.02 Å². The summed E-state index contributed by atoms with van der Waals surface area (Å²) in [6.45, 7) is 0.925. The Morgan fingerprint density at radius 2 is 2.00 bits per heavy atom. The summed E-state index contributed by atoms with van der Waals surface area (Å²) < 4.78 is 20.3. The number of ether oxygens (including phenoxy) is 1. The largest absolute Gasteiger partial charge is 0.497 e. The first-order valence-electron chi connectivity index (χ1n) is 10.9. The van der Waals surface area contributed by atoms with E-state index >= 15 is 0 Å². The van der Waals surface area contributed by atoms with Crippen molar-refractivity contribution in [2.75, 3.05) is 25.5 Å².